The molecule has 0 saturated heterocycles. The summed E-state index contributed by atoms with van der Waals surface area (Å²) in [5.41, 5.74) is 2.16. The Labute approximate surface area is 225 Å². The highest BCUT2D eigenvalue weighted by Crippen LogP contribution is 2.29. The molecule has 2 aromatic rings. The molecule has 0 aromatic heterocycles. The monoisotopic (exact) mass is 543 g/mol. The van der Waals surface area contributed by atoms with Crippen molar-refractivity contribution in [2.24, 2.45) is 0 Å². The van der Waals surface area contributed by atoms with Crippen molar-refractivity contribution in [1.29, 1.82) is 0 Å². The number of benzene rings is 2. The highest BCUT2D eigenvalue weighted by molar-refractivity contribution is 7.89. The standard InChI is InChI=1S/C29H37NO7S/c1-19-12-10-11-13-23(19)25(30-38(33,34)22-16-14-21(35-9)15-17-22)24(27(32)37-29(6,7)8)18-20(2)26(31)36-28(3,4)5/h10-17,25,30H,1-9H3/t18?,25-/m1/s1. The Bertz CT molecular complexity index is 1340. The van der Waals surface area contributed by atoms with Crippen molar-refractivity contribution < 1.29 is 32.2 Å². The minimum atomic E-state index is -4.16. The van der Waals surface area contributed by atoms with Gasteiger partial charge in [-0.05, 0) is 90.8 Å². The molecule has 206 valence electrons. The predicted octanol–water partition coefficient (Wildman–Crippen LogP) is 5.18. The number of nitrogens with one attached hydrogen (secondary N) is 1. The van der Waals surface area contributed by atoms with Crippen LogP contribution in [0.25, 0.3) is 0 Å². The molecule has 0 saturated carbocycles. The third kappa shape index (κ3) is 8.87. The van der Waals surface area contributed by atoms with Crippen LogP contribution in [0.1, 0.15) is 65.6 Å². The molecule has 1 atom stereocenters. The molecule has 2 aromatic carbocycles. The van der Waals surface area contributed by atoms with Gasteiger partial charge in [0.05, 0.1) is 23.6 Å². The number of aryl methyl sites for hydroxylation is 1. The average Bonchev–Trinajstić information content (AvgIpc) is 2.79. The molecule has 2 rings (SSSR count). The molecular weight excluding hydrogens is 506 g/mol. The lowest BCUT2D eigenvalue weighted by Crippen LogP contribution is -2.35. The van der Waals surface area contributed by atoms with Gasteiger partial charge in [-0.3, -0.25) is 0 Å². The van der Waals surface area contributed by atoms with Crippen molar-refractivity contribution in [3.8, 4) is 5.75 Å². The molecule has 0 amide bonds. The van der Waals surface area contributed by atoms with Crippen LogP contribution in [0.3, 0.4) is 0 Å². The molecule has 0 heterocycles. The van der Waals surface area contributed by atoms with Crippen LogP contribution in [0.2, 0.25) is 0 Å². The molecule has 0 fully saturated rings. The summed E-state index contributed by atoms with van der Waals surface area (Å²) >= 11 is 0. The highest BCUT2D eigenvalue weighted by atomic mass is 32.2. The van der Waals surface area contributed by atoms with Gasteiger partial charge in [0.2, 0.25) is 10.0 Å². The zero-order valence-electron chi connectivity index (χ0n) is 23.5. The molecule has 9 heteroatoms. The molecular formula is C29H37NO7S. The van der Waals surface area contributed by atoms with E-state index in [9.17, 15) is 18.0 Å². The number of hydrogen-bond acceptors (Lipinski definition) is 7. The lowest BCUT2D eigenvalue weighted by molar-refractivity contribution is -0.150. The minimum Gasteiger partial charge on any atom is -0.497 e. The van der Waals surface area contributed by atoms with Crippen LogP contribution in [0.15, 0.2) is 70.3 Å². The van der Waals surface area contributed by atoms with Gasteiger partial charge in [-0.15, -0.1) is 0 Å². The van der Waals surface area contributed by atoms with Gasteiger partial charge in [0.25, 0.3) is 0 Å². The van der Waals surface area contributed by atoms with E-state index in [1.807, 2.05) is 0 Å². The largest absolute Gasteiger partial charge is 0.497 e. The Morgan fingerprint density at radius 1 is 0.868 bits per heavy atom. The van der Waals surface area contributed by atoms with Gasteiger partial charge in [0.15, 0.2) is 0 Å². The smallest absolute Gasteiger partial charge is 0.344 e. The van der Waals surface area contributed by atoms with Crippen molar-refractivity contribution in [3.63, 3.8) is 0 Å². The Morgan fingerprint density at radius 2 is 1.39 bits per heavy atom. The van der Waals surface area contributed by atoms with Crippen molar-refractivity contribution in [3.05, 3.63) is 76.5 Å². The van der Waals surface area contributed by atoms with Gasteiger partial charge in [0, 0.05) is 0 Å². The van der Waals surface area contributed by atoms with Gasteiger partial charge in [0.1, 0.15) is 22.5 Å². The van der Waals surface area contributed by atoms with E-state index in [1.165, 1.54) is 38.3 Å². The summed E-state index contributed by atoms with van der Waals surface area (Å²) in [4.78, 5) is 26.2. The fourth-order valence-corrected chi connectivity index (χ4v) is 4.53. The first-order valence-corrected chi connectivity index (χ1v) is 13.6. The lowest BCUT2D eigenvalue weighted by atomic mass is 9.95. The van der Waals surface area contributed by atoms with Crippen molar-refractivity contribution >= 4 is 22.0 Å². The third-order valence-electron chi connectivity index (χ3n) is 5.08. The fourth-order valence-electron chi connectivity index (χ4n) is 3.35. The third-order valence-corrected chi connectivity index (χ3v) is 6.52. The van der Waals surface area contributed by atoms with Crippen LogP contribution in [0.5, 0.6) is 5.75 Å². The van der Waals surface area contributed by atoms with Crippen LogP contribution in [0, 0.1) is 6.92 Å². The summed E-state index contributed by atoms with van der Waals surface area (Å²) < 4.78 is 45.8. The molecule has 0 bridgehead atoms. The molecule has 1 N–H and O–H groups in total. The lowest BCUT2D eigenvalue weighted by Gasteiger charge is -2.25. The van der Waals surface area contributed by atoms with Crippen LogP contribution < -0.4 is 9.46 Å². The first-order valence-electron chi connectivity index (χ1n) is 12.1. The first kappa shape index (κ1) is 30.8. The summed E-state index contributed by atoms with van der Waals surface area (Å²) in [5.74, 6) is -1.03. The topological polar surface area (TPSA) is 108 Å². The zero-order valence-corrected chi connectivity index (χ0v) is 24.3. The number of methoxy groups -OCH3 is 1. The van der Waals surface area contributed by atoms with Crippen LogP contribution in [-0.4, -0.2) is 38.7 Å². The van der Waals surface area contributed by atoms with E-state index in [4.69, 9.17) is 14.2 Å². The van der Waals surface area contributed by atoms with E-state index in [0.29, 0.717) is 16.9 Å². The van der Waals surface area contributed by atoms with Gasteiger partial charge in [-0.1, -0.05) is 30.0 Å². The van der Waals surface area contributed by atoms with E-state index in [-0.39, 0.29) is 16.0 Å². The number of rotatable bonds is 8. The number of hydrogen-bond donors (Lipinski definition) is 1. The quantitative estimate of drug-likeness (QED) is 0.278. The van der Waals surface area contributed by atoms with E-state index < -0.39 is 39.2 Å². The number of sulfonamides is 1. The summed E-state index contributed by atoms with van der Waals surface area (Å²) in [5, 5.41) is 0. The van der Waals surface area contributed by atoms with Gasteiger partial charge in [-0.2, -0.15) is 4.72 Å². The first-order chi connectivity index (χ1) is 17.4. The summed E-state index contributed by atoms with van der Waals surface area (Å²) in [6.45, 7) is 13.5. The van der Waals surface area contributed by atoms with Crippen molar-refractivity contribution in [2.75, 3.05) is 7.11 Å². The molecule has 0 aliphatic carbocycles. The minimum absolute atomic E-state index is 0.0111. The highest BCUT2D eigenvalue weighted by Gasteiger charge is 2.33. The maximum absolute atomic E-state index is 13.5. The van der Waals surface area contributed by atoms with E-state index >= 15 is 0 Å². The Balaban J connectivity index is 2.79. The number of carbonyl (C=O) groups excluding carboxylic acids is 2. The van der Waals surface area contributed by atoms with Crippen LogP contribution in [0.4, 0.5) is 0 Å². The second-order valence-corrected chi connectivity index (χ2v) is 12.5. The Hall–Kier alpha value is -3.39. The number of ether oxygens (including phenoxy) is 3. The maximum atomic E-state index is 13.5. The number of esters is 2. The molecule has 8 nitrogen and oxygen atoms in total. The predicted molar refractivity (Wildman–Crippen MR) is 145 cm³/mol. The SMILES string of the molecule is COc1ccc(S(=O)(=O)N[C@@H](C(=C=C(C)C(=O)OC(C)(C)C)C(=O)OC(C)(C)C)c2ccccc2C)cc1. The molecule has 0 unspecified atom stereocenters. The van der Waals surface area contributed by atoms with E-state index in [0.717, 1.165) is 0 Å². The van der Waals surface area contributed by atoms with Gasteiger partial charge >= 0.3 is 11.9 Å². The molecule has 0 aliphatic rings. The summed E-state index contributed by atoms with van der Waals surface area (Å²) in [7, 11) is -2.68. The van der Waals surface area contributed by atoms with Crippen molar-refractivity contribution in [2.45, 2.75) is 77.5 Å². The molecule has 0 radical (unpaired) electrons. The van der Waals surface area contributed by atoms with Crippen LogP contribution in [-0.2, 0) is 29.1 Å². The Morgan fingerprint density at radius 3 is 1.89 bits per heavy atom. The zero-order chi connectivity index (χ0) is 28.9. The van der Waals surface area contributed by atoms with Crippen molar-refractivity contribution in [1.82, 2.24) is 4.72 Å². The van der Waals surface area contributed by atoms with E-state index in [2.05, 4.69) is 10.5 Å². The number of carbonyl (C=O) groups is 2. The summed E-state index contributed by atoms with van der Waals surface area (Å²) in [6.07, 6.45) is 0. The normalized spacial score (nSPS) is 12.7. The average molecular weight is 544 g/mol. The molecule has 0 aliphatic heterocycles. The molecule has 0 spiro atoms. The second-order valence-electron chi connectivity index (χ2n) is 10.8. The molecule has 38 heavy (non-hydrogen) atoms. The second kappa shape index (κ2) is 12.0. The van der Waals surface area contributed by atoms with E-state index in [1.54, 1.807) is 72.7 Å². The van der Waals surface area contributed by atoms with Gasteiger partial charge in [-0.25, -0.2) is 18.0 Å². The van der Waals surface area contributed by atoms with Crippen LogP contribution >= 0.6 is 0 Å². The Kier molecular flexibility index (Phi) is 9.72. The van der Waals surface area contributed by atoms with Gasteiger partial charge < -0.3 is 14.2 Å². The maximum Gasteiger partial charge on any atom is 0.344 e. The fraction of sp³-hybridized carbons (Fsp3) is 0.414. The summed E-state index contributed by atoms with van der Waals surface area (Å²) in [6, 6.07) is 11.6.